The molecule has 130 valence electrons. The van der Waals surface area contributed by atoms with Crippen LogP contribution in [0.25, 0.3) is 0 Å². The lowest BCUT2D eigenvalue weighted by Crippen LogP contribution is -2.36. The Kier molecular flexibility index (Phi) is 5.67. The number of hydrogen-bond donors (Lipinski definition) is 3. The summed E-state index contributed by atoms with van der Waals surface area (Å²) in [6.07, 6.45) is 0. The van der Waals surface area contributed by atoms with Crippen molar-refractivity contribution in [1.29, 1.82) is 0 Å². The Bertz CT molecular complexity index is 820. The molecule has 2 aromatic carbocycles. The summed E-state index contributed by atoms with van der Waals surface area (Å²) in [7, 11) is 0. The zero-order chi connectivity index (χ0) is 18.4. The standard InChI is InChI=1S/C17H17N3O5/c1-11-3-2-4-12(7-11)17(23)19-10-16(22)18-9-13-8-14(20(24)25)5-6-15(13)21/h2-8,21H,9-10H2,1H3,(H,18,22)(H,19,23). The minimum Gasteiger partial charge on any atom is -0.508 e. The molecule has 0 radical (unpaired) electrons. The summed E-state index contributed by atoms with van der Waals surface area (Å²) in [6.45, 7) is 1.52. The van der Waals surface area contributed by atoms with E-state index in [-0.39, 0.29) is 36.0 Å². The van der Waals surface area contributed by atoms with E-state index >= 15 is 0 Å². The second kappa shape index (κ2) is 7.91. The van der Waals surface area contributed by atoms with Gasteiger partial charge in [-0.1, -0.05) is 17.7 Å². The van der Waals surface area contributed by atoms with Crippen LogP contribution in [0.3, 0.4) is 0 Å². The highest BCUT2D eigenvalue weighted by Crippen LogP contribution is 2.22. The average molecular weight is 343 g/mol. The molecule has 0 aromatic heterocycles. The van der Waals surface area contributed by atoms with Crippen molar-refractivity contribution in [2.75, 3.05) is 6.54 Å². The summed E-state index contributed by atoms with van der Waals surface area (Å²) in [4.78, 5) is 33.9. The minimum atomic E-state index is -0.590. The first kappa shape index (κ1) is 17.9. The van der Waals surface area contributed by atoms with Gasteiger partial charge in [0.05, 0.1) is 11.5 Å². The smallest absolute Gasteiger partial charge is 0.270 e. The molecule has 3 N–H and O–H groups in total. The third-order valence-corrected chi connectivity index (χ3v) is 3.44. The van der Waals surface area contributed by atoms with E-state index in [1.165, 1.54) is 18.2 Å². The van der Waals surface area contributed by atoms with Gasteiger partial charge in [-0.25, -0.2) is 0 Å². The molecule has 0 aliphatic rings. The number of nitro groups is 1. The fraction of sp³-hybridized carbons (Fsp3) is 0.176. The molecule has 25 heavy (non-hydrogen) atoms. The second-order valence-corrected chi connectivity index (χ2v) is 5.40. The van der Waals surface area contributed by atoms with E-state index in [2.05, 4.69) is 10.6 Å². The Labute approximate surface area is 143 Å². The van der Waals surface area contributed by atoms with Crippen molar-refractivity contribution >= 4 is 17.5 Å². The zero-order valence-corrected chi connectivity index (χ0v) is 13.5. The average Bonchev–Trinajstić information content (AvgIpc) is 2.58. The summed E-state index contributed by atoms with van der Waals surface area (Å²) < 4.78 is 0. The van der Waals surface area contributed by atoms with Gasteiger partial charge in [-0.2, -0.15) is 0 Å². The van der Waals surface area contributed by atoms with Crippen LogP contribution in [-0.2, 0) is 11.3 Å². The number of nitrogens with one attached hydrogen (secondary N) is 2. The van der Waals surface area contributed by atoms with Gasteiger partial charge in [0.25, 0.3) is 11.6 Å². The van der Waals surface area contributed by atoms with E-state index in [9.17, 15) is 24.8 Å². The van der Waals surface area contributed by atoms with E-state index in [1.54, 1.807) is 18.2 Å². The number of aromatic hydroxyl groups is 1. The minimum absolute atomic E-state index is 0.0906. The fourth-order valence-electron chi connectivity index (χ4n) is 2.13. The summed E-state index contributed by atoms with van der Waals surface area (Å²) in [6, 6.07) is 10.5. The normalized spacial score (nSPS) is 10.1. The highest BCUT2D eigenvalue weighted by atomic mass is 16.6. The number of amides is 2. The quantitative estimate of drug-likeness (QED) is 0.544. The van der Waals surface area contributed by atoms with Crippen LogP contribution in [0.4, 0.5) is 5.69 Å². The molecule has 8 heteroatoms. The first-order chi connectivity index (χ1) is 11.9. The summed E-state index contributed by atoms with van der Waals surface area (Å²) in [5.74, 6) is -1.02. The summed E-state index contributed by atoms with van der Waals surface area (Å²) >= 11 is 0. The number of benzene rings is 2. The molecule has 2 aromatic rings. The first-order valence-electron chi connectivity index (χ1n) is 7.44. The van der Waals surface area contributed by atoms with Gasteiger partial charge in [0.2, 0.25) is 5.91 Å². The zero-order valence-electron chi connectivity index (χ0n) is 13.5. The maximum absolute atomic E-state index is 11.9. The molecule has 0 heterocycles. The number of phenols is 1. The van der Waals surface area contributed by atoms with Crippen molar-refractivity contribution in [3.63, 3.8) is 0 Å². The molecule has 0 unspecified atom stereocenters. The van der Waals surface area contributed by atoms with E-state index in [4.69, 9.17) is 0 Å². The van der Waals surface area contributed by atoms with Crippen molar-refractivity contribution in [2.45, 2.75) is 13.5 Å². The number of carbonyl (C=O) groups is 2. The molecule has 0 fully saturated rings. The highest BCUT2D eigenvalue weighted by Gasteiger charge is 2.12. The Morgan fingerprint density at radius 2 is 1.92 bits per heavy atom. The predicted octanol–water partition coefficient (Wildman–Crippen LogP) is 1.66. The number of aryl methyl sites for hydroxylation is 1. The Morgan fingerprint density at radius 1 is 1.16 bits per heavy atom. The van der Waals surface area contributed by atoms with E-state index in [1.807, 2.05) is 13.0 Å². The van der Waals surface area contributed by atoms with E-state index < -0.39 is 10.8 Å². The van der Waals surface area contributed by atoms with Crippen LogP contribution in [0.5, 0.6) is 5.75 Å². The highest BCUT2D eigenvalue weighted by molar-refractivity contribution is 5.96. The van der Waals surface area contributed by atoms with Crippen LogP contribution < -0.4 is 10.6 Å². The molecule has 0 aliphatic carbocycles. The SMILES string of the molecule is Cc1cccc(C(=O)NCC(=O)NCc2cc([N+](=O)[O-])ccc2O)c1. The van der Waals surface area contributed by atoms with Gasteiger partial charge in [0.15, 0.2) is 0 Å². The lowest BCUT2D eigenvalue weighted by molar-refractivity contribution is -0.384. The fourth-order valence-corrected chi connectivity index (χ4v) is 2.13. The topological polar surface area (TPSA) is 122 Å². The number of nitrogens with zero attached hydrogens (tertiary/aromatic N) is 1. The number of rotatable bonds is 6. The monoisotopic (exact) mass is 343 g/mol. The molecule has 8 nitrogen and oxygen atoms in total. The summed E-state index contributed by atoms with van der Waals surface area (Å²) in [5, 5.41) is 25.4. The number of carbonyl (C=O) groups excluding carboxylic acids is 2. The van der Waals surface area contributed by atoms with E-state index in [0.717, 1.165) is 5.56 Å². The van der Waals surface area contributed by atoms with Crippen LogP contribution >= 0.6 is 0 Å². The summed E-state index contributed by atoms with van der Waals surface area (Å²) in [5.41, 5.74) is 1.41. The van der Waals surface area contributed by atoms with Crippen LogP contribution in [-0.4, -0.2) is 28.4 Å². The number of phenolic OH excluding ortho intramolecular Hbond substituents is 1. The van der Waals surface area contributed by atoms with Crippen LogP contribution in [0.15, 0.2) is 42.5 Å². The maximum Gasteiger partial charge on any atom is 0.270 e. The lowest BCUT2D eigenvalue weighted by atomic mass is 10.1. The van der Waals surface area contributed by atoms with Gasteiger partial charge in [-0.3, -0.25) is 19.7 Å². The van der Waals surface area contributed by atoms with Gasteiger partial charge in [-0.05, 0) is 25.1 Å². The molecular weight excluding hydrogens is 326 g/mol. The first-order valence-corrected chi connectivity index (χ1v) is 7.44. The van der Waals surface area contributed by atoms with Crippen molar-refractivity contribution in [1.82, 2.24) is 10.6 Å². The molecule has 0 saturated heterocycles. The van der Waals surface area contributed by atoms with Crippen molar-refractivity contribution < 1.29 is 19.6 Å². The van der Waals surface area contributed by atoms with Gasteiger partial charge in [-0.15, -0.1) is 0 Å². The maximum atomic E-state index is 11.9. The second-order valence-electron chi connectivity index (χ2n) is 5.40. The van der Waals surface area contributed by atoms with Gasteiger partial charge < -0.3 is 15.7 Å². The molecule has 0 spiro atoms. The molecule has 2 amide bonds. The number of hydrogen-bond acceptors (Lipinski definition) is 5. The Morgan fingerprint density at radius 3 is 2.60 bits per heavy atom. The lowest BCUT2D eigenvalue weighted by Gasteiger charge is -2.08. The largest absolute Gasteiger partial charge is 0.508 e. The van der Waals surface area contributed by atoms with Crippen molar-refractivity contribution in [2.24, 2.45) is 0 Å². The predicted molar refractivity (Wildman–Crippen MR) is 90.1 cm³/mol. The molecule has 0 atom stereocenters. The Balaban J connectivity index is 1.88. The van der Waals surface area contributed by atoms with E-state index in [0.29, 0.717) is 5.56 Å². The molecule has 2 rings (SSSR count). The van der Waals surface area contributed by atoms with Gasteiger partial charge >= 0.3 is 0 Å². The van der Waals surface area contributed by atoms with Crippen molar-refractivity contribution in [3.05, 3.63) is 69.3 Å². The van der Waals surface area contributed by atoms with Crippen LogP contribution in [0.1, 0.15) is 21.5 Å². The molecule has 0 saturated carbocycles. The molecule has 0 bridgehead atoms. The van der Waals surface area contributed by atoms with Crippen molar-refractivity contribution in [3.8, 4) is 5.75 Å². The third-order valence-electron chi connectivity index (χ3n) is 3.44. The van der Waals surface area contributed by atoms with Crippen LogP contribution in [0, 0.1) is 17.0 Å². The molecular formula is C17H17N3O5. The third kappa shape index (κ3) is 5.03. The number of non-ortho nitro benzene ring substituents is 1. The number of nitro benzene ring substituents is 1. The Hall–Kier alpha value is -3.42. The van der Waals surface area contributed by atoms with Gasteiger partial charge in [0, 0.05) is 29.8 Å². The van der Waals surface area contributed by atoms with Crippen LogP contribution in [0.2, 0.25) is 0 Å². The van der Waals surface area contributed by atoms with Gasteiger partial charge in [0.1, 0.15) is 5.75 Å². The molecule has 0 aliphatic heterocycles.